The van der Waals surface area contributed by atoms with Gasteiger partial charge in [-0.2, -0.15) is 0 Å². The lowest BCUT2D eigenvalue weighted by atomic mass is 10.1. The molecule has 158 valence electrons. The van der Waals surface area contributed by atoms with E-state index in [1.54, 1.807) is 19.3 Å². The third kappa shape index (κ3) is 5.37. The third-order valence-corrected chi connectivity index (χ3v) is 5.72. The second-order valence-corrected chi connectivity index (χ2v) is 8.64. The largest absolute Gasteiger partial charge is 0.493 e. The Balaban J connectivity index is 1.87. The normalized spacial score (nSPS) is 17.3. The van der Waals surface area contributed by atoms with Crippen molar-refractivity contribution in [3.63, 3.8) is 0 Å². The lowest BCUT2D eigenvalue weighted by Crippen LogP contribution is -2.19. The van der Waals surface area contributed by atoms with Gasteiger partial charge < -0.3 is 14.8 Å². The van der Waals surface area contributed by atoms with Gasteiger partial charge in [0.25, 0.3) is 5.91 Å². The molecule has 2 aromatic rings. The van der Waals surface area contributed by atoms with Crippen LogP contribution in [-0.4, -0.2) is 24.3 Å². The van der Waals surface area contributed by atoms with Crippen molar-refractivity contribution >= 4 is 46.2 Å². The predicted molar refractivity (Wildman–Crippen MR) is 125 cm³/mol. The minimum Gasteiger partial charge on any atom is -0.493 e. The van der Waals surface area contributed by atoms with Gasteiger partial charge in [-0.3, -0.25) is 4.79 Å². The number of hydrogen-bond acceptors (Lipinski definition) is 5. The van der Waals surface area contributed by atoms with Crippen LogP contribution in [0, 0.1) is 13.8 Å². The van der Waals surface area contributed by atoms with Crippen LogP contribution in [0.2, 0.25) is 5.02 Å². The summed E-state index contributed by atoms with van der Waals surface area (Å²) in [4.78, 5) is 17.5. The number of rotatable bonds is 6. The second-order valence-electron chi connectivity index (χ2n) is 7.20. The molecule has 1 atom stereocenters. The highest BCUT2D eigenvalue weighted by molar-refractivity contribution is 8.18. The lowest BCUT2D eigenvalue weighted by molar-refractivity contribution is -0.115. The molecule has 0 bridgehead atoms. The molecular formula is C23H25ClN2O3S. The number of halogens is 1. The van der Waals surface area contributed by atoms with Gasteiger partial charge in [-0.15, -0.1) is 0 Å². The van der Waals surface area contributed by atoms with Crippen LogP contribution in [0.15, 0.2) is 40.2 Å². The van der Waals surface area contributed by atoms with E-state index in [1.807, 2.05) is 45.9 Å². The number of amides is 1. The van der Waals surface area contributed by atoms with E-state index in [9.17, 15) is 4.79 Å². The quantitative estimate of drug-likeness (QED) is 0.552. The minimum atomic E-state index is -0.196. The monoisotopic (exact) mass is 444 g/mol. The average molecular weight is 445 g/mol. The number of nitrogens with one attached hydrogen (secondary N) is 1. The van der Waals surface area contributed by atoms with Crippen molar-refractivity contribution < 1.29 is 14.3 Å². The topological polar surface area (TPSA) is 59.9 Å². The van der Waals surface area contributed by atoms with Gasteiger partial charge in [0.1, 0.15) is 0 Å². The zero-order chi connectivity index (χ0) is 21.8. The molecule has 0 unspecified atom stereocenters. The molecule has 0 aromatic heterocycles. The molecule has 7 heteroatoms. The molecule has 1 saturated heterocycles. The zero-order valence-electron chi connectivity index (χ0n) is 17.7. The van der Waals surface area contributed by atoms with Crippen LogP contribution in [0.3, 0.4) is 0 Å². The molecule has 1 N–H and O–H groups in total. The minimum absolute atomic E-state index is 0.0146. The van der Waals surface area contributed by atoms with E-state index in [2.05, 4.69) is 16.4 Å². The first kappa shape index (κ1) is 22.2. The van der Waals surface area contributed by atoms with E-state index in [4.69, 9.17) is 21.1 Å². The summed E-state index contributed by atoms with van der Waals surface area (Å²) in [6, 6.07) is 9.62. The molecule has 1 heterocycles. The summed E-state index contributed by atoms with van der Waals surface area (Å²) in [7, 11) is 1.57. The van der Waals surface area contributed by atoms with Gasteiger partial charge in [-0.25, -0.2) is 4.99 Å². The van der Waals surface area contributed by atoms with Crippen LogP contribution >= 0.6 is 23.4 Å². The molecular weight excluding hydrogens is 420 g/mol. The summed E-state index contributed by atoms with van der Waals surface area (Å²) in [6.45, 7) is 8.06. The summed E-state index contributed by atoms with van der Waals surface area (Å²) >= 11 is 7.73. The van der Waals surface area contributed by atoms with Gasteiger partial charge in [-0.1, -0.05) is 24.6 Å². The molecule has 5 nitrogen and oxygen atoms in total. The predicted octanol–water partition coefficient (Wildman–Crippen LogP) is 6.03. The molecule has 1 fully saturated rings. The Bertz CT molecular complexity index is 1010. The van der Waals surface area contributed by atoms with Crippen molar-refractivity contribution in [1.29, 1.82) is 0 Å². The number of ether oxygens (including phenoxy) is 2. The zero-order valence-corrected chi connectivity index (χ0v) is 19.3. The third-order valence-electron chi connectivity index (χ3n) is 4.53. The Morgan fingerprint density at radius 1 is 1.20 bits per heavy atom. The SMILES string of the molecule is CC[C@@H](C)Oc1c(Cl)cc(/C=C2\SC(=Nc3cc(C)cc(C)c3)NC2=O)cc1OC. The van der Waals surface area contributed by atoms with Gasteiger partial charge >= 0.3 is 0 Å². The fourth-order valence-electron chi connectivity index (χ4n) is 2.99. The summed E-state index contributed by atoms with van der Waals surface area (Å²) in [5, 5.41) is 3.80. The molecule has 0 saturated carbocycles. The first-order chi connectivity index (χ1) is 14.3. The van der Waals surface area contributed by atoms with Crippen LogP contribution in [0.1, 0.15) is 37.0 Å². The second kappa shape index (κ2) is 9.58. The molecule has 0 radical (unpaired) electrons. The smallest absolute Gasteiger partial charge is 0.264 e. The Labute approximate surface area is 186 Å². The van der Waals surface area contributed by atoms with Crippen molar-refractivity contribution in [2.45, 2.75) is 40.2 Å². The van der Waals surface area contributed by atoms with E-state index in [0.717, 1.165) is 28.8 Å². The highest BCUT2D eigenvalue weighted by atomic mass is 35.5. The highest BCUT2D eigenvalue weighted by Crippen LogP contribution is 2.39. The van der Waals surface area contributed by atoms with E-state index in [1.165, 1.54) is 11.8 Å². The molecule has 1 amide bonds. The van der Waals surface area contributed by atoms with Crippen molar-refractivity contribution in [2.24, 2.45) is 4.99 Å². The van der Waals surface area contributed by atoms with Crippen molar-refractivity contribution in [3.8, 4) is 11.5 Å². The Hall–Kier alpha value is -2.44. The number of aryl methyl sites for hydroxylation is 2. The summed E-state index contributed by atoms with van der Waals surface area (Å²) < 4.78 is 11.3. The van der Waals surface area contributed by atoms with Crippen LogP contribution in [0.4, 0.5) is 5.69 Å². The van der Waals surface area contributed by atoms with Gasteiger partial charge in [0.05, 0.1) is 28.8 Å². The van der Waals surface area contributed by atoms with E-state index < -0.39 is 0 Å². The van der Waals surface area contributed by atoms with Crippen LogP contribution in [0.25, 0.3) is 6.08 Å². The number of carbonyl (C=O) groups is 1. The van der Waals surface area contributed by atoms with Crippen LogP contribution in [-0.2, 0) is 4.79 Å². The molecule has 1 aliphatic rings. The van der Waals surface area contributed by atoms with Crippen LogP contribution in [0.5, 0.6) is 11.5 Å². The molecule has 1 aliphatic heterocycles. The fraction of sp³-hybridized carbons (Fsp3) is 0.304. The van der Waals surface area contributed by atoms with Gasteiger partial charge in [0.15, 0.2) is 16.7 Å². The van der Waals surface area contributed by atoms with Gasteiger partial charge in [0.2, 0.25) is 0 Å². The maximum Gasteiger partial charge on any atom is 0.264 e. The molecule has 0 spiro atoms. The number of methoxy groups -OCH3 is 1. The van der Waals surface area contributed by atoms with Crippen molar-refractivity contribution in [3.05, 3.63) is 56.9 Å². The number of hydrogen-bond donors (Lipinski definition) is 1. The highest BCUT2D eigenvalue weighted by Gasteiger charge is 2.24. The molecule has 3 rings (SSSR count). The summed E-state index contributed by atoms with van der Waals surface area (Å²) in [6.07, 6.45) is 2.64. The van der Waals surface area contributed by atoms with Crippen LogP contribution < -0.4 is 14.8 Å². The maximum absolute atomic E-state index is 12.4. The lowest BCUT2D eigenvalue weighted by Gasteiger charge is -2.17. The van der Waals surface area contributed by atoms with Crippen molar-refractivity contribution in [2.75, 3.05) is 7.11 Å². The van der Waals surface area contributed by atoms with Crippen molar-refractivity contribution in [1.82, 2.24) is 5.32 Å². The average Bonchev–Trinajstić information content (AvgIpc) is 3.01. The number of thioether (sulfide) groups is 1. The number of nitrogens with zero attached hydrogens (tertiary/aromatic N) is 1. The number of aliphatic imine (C=N–C) groups is 1. The van der Waals surface area contributed by atoms with E-state index in [-0.39, 0.29) is 12.0 Å². The van der Waals surface area contributed by atoms with E-state index in [0.29, 0.717) is 26.6 Å². The van der Waals surface area contributed by atoms with E-state index >= 15 is 0 Å². The number of amidine groups is 1. The number of carbonyl (C=O) groups excluding carboxylic acids is 1. The summed E-state index contributed by atoms with van der Waals surface area (Å²) in [5.41, 5.74) is 3.81. The van der Waals surface area contributed by atoms with Gasteiger partial charge in [0, 0.05) is 0 Å². The molecule has 0 aliphatic carbocycles. The molecule has 2 aromatic carbocycles. The standard InChI is InChI=1S/C23H25ClN2O3S/c1-6-15(4)29-21-18(24)10-16(11-19(21)28-5)12-20-22(27)26-23(30-20)25-17-8-13(2)7-14(3)9-17/h7-12,15H,6H2,1-5H3,(H,25,26,27)/b20-12-/t15-/m1/s1. The Kier molecular flexibility index (Phi) is 7.10. The Morgan fingerprint density at radius 2 is 1.90 bits per heavy atom. The number of benzene rings is 2. The Morgan fingerprint density at radius 3 is 2.53 bits per heavy atom. The van der Waals surface area contributed by atoms with Gasteiger partial charge in [-0.05, 0) is 86.0 Å². The first-order valence-electron chi connectivity index (χ1n) is 9.71. The maximum atomic E-state index is 12.4. The fourth-order valence-corrected chi connectivity index (χ4v) is 4.09. The summed E-state index contributed by atoms with van der Waals surface area (Å²) in [5.74, 6) is 0.844. The first-order valence-corrected chi connectivity index (χ1v) is 10.9. The molecule has 30 heavy (non-hydrogen) atoms.